The average Bonchev–Trinajstić information content (AvgIpc) is 2.46. The van der Waals surface area contributed by atoms with Crippen LogP contribution in [0, 0.1) is 16.0 Å². The largest absolute Gasteiger partial charge is 0.352 e. The van der Waals surface area contributed by atoms with Crippen LogP contribution in [0.25, 0.3) is 0 Å². The van der Waals surface area contributed by atoms with E-state index in [0.717, 1.165) is 25.9 Å². The summed E-state index contributed by atoms with van der Waals surface area (Å²) in [6, 6.07) is 5.65. The lowest BCUT2D eigenvalue weighted by Crippen LogP contribution is -2.38. The van der Waals surface area contributed by atoms with Gasteiger partial charge in [0.2, 0.25) is 0 Å². The van der Waals surface area contributed by atoms with Crippen molar-refractivity contribution in [2.24, 2.45) is 5.92 Å². The van der Waals surface area contributed by atoms with Crippen LogP contribution in [0.15, 0.2) is 24.3 Å². The summed E-state index contributed by atoms with van der Waals surface area (Å²) in [5.41, 5.74) is 0.447. The number of rotatable bonds is 4. The predicted molar refractivity (Wildman–Crippen MR) is 78.3 cm³/mol. The highest BCUT2D eigenvalue weighted by Crippen LogP contribution is 2.12. The molecule has 110 valence electrons. The highest BCUT2D eigenvalue weighted by Gasteiger charge is 2.15. The minimum absolute atomic E-state index is 0. The number of nitrogens with one attached hydrogen (secondary N) is 2. The summed E-state index contributed by atoms with van der Waals surface area (Å²) >= 11 is 0. The number of nitro benzene ring substituents is 1. The Bertz CT molecular complexity index is 458. The second kappa shape index (κ2) is 7.81. The van der Waals surface area contributed by atoms with Gasteiger partial charge in [-0.05, 0) is 44.0 Å². The van der Waals surface area contributed by atoms with Crippen LogP contribution in [-0.4, -0.2) is 30.5 Å². The van der Waals surface area contributed by atoms with Gasteiger partial charge in [0.15, 0.2) is 0 Å². The Hall–Kier alpha value is -1.66. The Labute approximate surface area is 123 Å². The molecule has 0 radical (unpaired) electrons. The zero-order valence-electron chi connectivity index (χ0n) is 11.0. The quantitative estimate of drug-likeness (QED) is 0.655. The average molecular weight is 300 g/mol. The van der Waals surface area contributed by atoms with Crippen molar-refractivity contribution in [3.63, 3.8) is 0 Å². The van der Waals surface area contributed by atoms with E-state index < -0.39 is 4.92 Å². The van der Waals surface area contributed by atoms with Crippen LogP contribution >= 0.6 is 12.4 Å². The van der Waals surface area contributed by atoms with Gasteiger partial charge in [-0.2, -0.15) is 0 Å². The third kappa shape index (κ3) is 4.47. The third-order valence-corrected chi connectivity index (χ3v) is 3.29. The smallest absolute Gasteiger partial charge is 0.269 e. The zero-order valence-corrected chi connectivity index (χ0v) is 11.8. The van der Waals surface area contributed by atoms with Gasteiger partial charge in [-0.3, -0.25) is 14.9 Å². The molecule has 1 unspecified atom stereocenters. The van der Waals surface area contributed by atoms with Crippen LogP contribution in [0.5, 0.6) is 0 Å². The summed E-state index contributed by atoms with van der Waals surface area (Å²) in [7, 11) is 0. The summed E-state index contributed by atoms with van der Waals surface area (Å²) < 4.78 is 0. The molecular formula is C13H18ClN3O3. The second-order valence-corrected chi connectivity index (χ2v) is 4.73. The Balaban J connectivity index is 0.00000200. The monoisotopic (exact) mass is 299 g/mol. The molecule has 0 spiro atoms. The number of halogens is 1. The molecule has 0 bridgehead atoms. The molecule has 6 nitrogen and oxygen atoms in total. The highest BCUT2D eigenvalue weighted by molar-refractivity contribution is 5.94. The Morgan fingerprint density at radius 3 is 2.65 bits per heavy atom. The molecule has 7 heteroatoms. The number of carbonyl (C=O) groups excluding carboxylic acids is 1. The van der Waals surface area contributed by atoms with Gasteiger partial charge < -0.3 is 10.6 Å². The number of hydrogen-bond acceptors (Lipinski definition) is 4. The predicted octanol–water partition coefficient (Wildman–Crippen LogP) is 1.75. The fourth-order valence-corrected chi connectivity index (χ4v) is 2.17. The molecule has 1 atom stereocenters. The fourth-order valence-electron chi connectivity index (χ4n) is 2.17. The van der Waals surface area contributed by atoms with E-state index in [9.17, 15) is 14.9 Å². The molecule has 2 N–H and O–H groups in total. The maximum Gasteiger partial charge on any atom is 0.269 e. The van der Waals surface area contributed by atoms with Gasteiger partial charge in [0, 0.05) is 24.2 Å². The number of piperidine rings is 1. The number of nitro groups is 1. The van der Waals surface area contributed by atoms with Gasteiger partial charge in [-0.25, -0.2) is 0 Å². The first kappa shape index (κ1) is 16.4. The van der Waals surface area contributed by atoms with E-state index in [1.807, 2.05) is 0 Å². The first-order valence-electron chi connectivity index (χ1n) is 6.40. The van der Waals surface area contributed by atoms with Gasteiger partial charge in [-0.1, -0.05) is 0 Å². The van der Waals surface area contributed by atoms with Gasteiger partial charge >= 0.3 is 0 Å². The van der Waals surface area contributed by atoms with E-state index in [1.165, 1.54) is 24.3 Å². The van der Waals surface area contributed by atoms with Crippen molar-refractivity contribution in [1.29, 1.82) is 0 Å². The van der Waals surface area contributed by atoms with E-state index in [2.05, 4.69) is 10.6 Å². The maximum absolute atomic E-state index is 11.9. The van der Waals surface area contributed by atoms with Crippen LogP contribution in [0.4, 0.5) is 5.69 Å². The van der Waals surface area contributed by atoms with Crippen LogP contribution in [0.3, 0.4) is 0 Å². The minimum atomic E-state index is -0.477. The van der Waals surface area contributed by atoms with Crippen molar-refractivity contribution >= 4 is 24.0 Å². The normalized spacial score (nSPS) is 17.9. The Morgan fingerprint density at radius 2 is 2.10 bits per heavy atom. The summed E-state index contributed by atoms with van der Waals surface area (Å²) in [5.74, 6) is 0.288. The summed E-state index contributed by atoms with van der Waals surface area (Å²) in [6.07, 6.45) is 2.26. The topological polar surface area (TPSA) is 84.3 Å². The molecule has 0 aromatic heterocycles. The molecule has 1 aliphatic heterocycles. The molecule has 1 saturated heterocycles. The van der Waals surface area contributed by atoms with E-state index in [0.29, 0.717) is 18.0 Å². The molecule has 0 saturated carbocycles. The lowest BCUT2D eigenvalue weighted by Gasteiger charge is -2.22. The lowest BCUT2D eigenvalue weighted by atomic mass is 9.99. The van der Waals surface area contributed by atoms with E-state index in [-0.39, 0.29) is 24.0 Å². The molecule has 2 rings (SSSR count). The number of amides is 1. The molecule has 1 heterocycles. The van der Waals surface area contributed by atoms with E-state index in [4.69, 9.17) is 0 Å². The lowest BCUT2D eigenvalue weighted by molar-refractivity contribution is -0.384. The molecule has 1 amide bonds. The van der Waals surface area contributed by atoms with Crippen LogP contribution < -0.4 is 10.6 Å². The van der Waals surface area contributed by atoms with Crippen molar-refractivity contribution in [3.8, 4) is 0 Å². The number of carbonyl (C=O) groups is 1. The van der Waals surface area contributed by atoms with Crippen molar-refractivity contribution in [2.75, 3.05) is 19.6 Å². The minimum Gasteiger partial charge on any atom is -0.352 e. The van der Waals surface area contributed by atoms with Crippen LogP contribution in [0.1, 0.15) is 23.2 Å². The molecular weight excluding hydrogens is 282 g/mol. The molecule has 1 fully saturated rings. The number of nitrogens with zero attached hydrogens (tertiary/aromatic N) is 1. The number of benzene rings is 1. The van der Waals surface area contributed by atoms with Gasteiger partial charge in [0.05, 0.1) is 4.92 Å². The van der Waals surface area contributed by atoms with Crippen molar-refractivity contribution in [3.05, 3.63) is 39.9 Å². The van der Waals surface area contributed by atoms with Gasteiger partial charge in [0.25, 0.3) is 11.6 Å². The molecule has 20 heavy (non-hydrogen) atoms. The zero-order chi connectivity index (χ0) is 13.7. The van der Waals surface area contributed by atoms with Crippen molar-refractivity contribution in [2.45, 2.75) is 12.8 Å². The fraction of sp³-hybridized carbons (Fsp3) is 0.462. The van der Waals surface area contributed by atoms with Crippen molar-refractivity contribution < 1.29 is 9.72 Å². The number of hydrogen-bond donors (Lipinski definition) is 2. The SMILES string of the molecule is Cl.O=C(NCC1CCCNC1)c1ccc([N+](=O)[O-])cc1. The highest BCUT2D eigenvalue weighted by atomic mass is 35.5. The van der Waals surface area contributed by atoms with Crippen LogP contribution in [0.2, 0.25) is 0 Å². The Kier molecular flexibility index (Phi) is 6.41. The summed E-state index contributed by atoms with van der Waals surface area (Å²) in [4.78, 5) is 21.9. The van der Waals surface area contributed by atoms with E-state index in [1.54, 1.807) is 0 Å². The molecule has 0 aliphatic carbocycles. The Morgan fingerprint density at radius 1 is 1.40 bits per heavy atom. The first-order valence-corrected chi connectivity index (χ1v) is 6.40. The van der Waals surface area contributed by atoms with Gasteiger partial charge in [0.1, 0.15) is 0 Å². The molecule has 1 aromatic carbocycles. The molecule has 1 aromatic rings. The standard InChI is InChI=1S/C13H17N3O3.ClH/c17-13(15-9-10-2-1-7-14-8-10)11-3-5-12(6-4-11)16(18)19;/h3-6,10,14H,1-2,7-9H2,(H,15,17);1H. The first-order chi connectivity index (χ1) is 9.16. The van der Waals surface area contributed by atoms with Crippen molar-refractivity contribution in [1.82, 2.24) is 10.6 Å². The summed E-state index contributed by atoms with van der Waals surface area (Å²) in [5, 5.41) is 16.7. The van der Waals surface area contributed by atoms with Crippen LogP contribution in [-0.2, 0) is 0 Å². The summed E-state index contributed by atoms with van der Waals surface area (Å²) in [6.45, 7) is 2.62. The second-order valence-electron chi connectivity index (χ2n) is 4.73. The number of non-ortho nitro benzene ring substituents is 1. The van der Waals surface area contributed by atoms with Gasteiger partial charge in [-0.15, -0.1) is 12.4 Å². The van der Waals surface area contributed by atoms with E-state index >= 15 is 0 Å². The third-order valence-electron chi connectivity index (χ3n) is 3.29. The maximum atomic E-state index is 11.9. The molecule has 1 aliphatic rings.